The zero-order valence-electron chi connectivity index (χ0n) is 22.8. The summed E-state index contributed by atoms with van der Waals surface area (Å²) in [6, 6.07) is 10.0. The Labute approximate surface area is 224 Å². The summed E-state index contributed by atoms with van der Waals surface area (Å²) in [6.45, 7) is 8.52. The Hall–Kier alpha value is -3.67. The van der Waals surface area contributed by atoms with Crippen molar-refractivity contribution in [3.63, 3.8) is 0 Å². The van der Waals surface area contributed by atoms with Crippen molar-refractivity contribution in [3.8, 4) is 5.75 Å². The number of benzene rings is 2. The first-order valence-corrected chi connectivity index (χ1v) is 13.9. The van der Waals surface area contributed by atoms with E-state index >= 15 is 0 Å². The van der Waals surface area contributed by atoms with Gasteiger partial charge in [-0.1, -0.05) is 36.8 Å². The molecule has 1 N–H and O–H groups in total. The molecule has 208 valence electrons. The minimum atomic E-state index is -4.10. The smallest absolute Gasteiger partial charge is 0.271 e. The third-order valence-corrected chi connectivity index (χ3v) is 6.81. The van der Waals surface area contributed by atoms with Gasteiger partial charge in [0.2, 0.25) is 21.8 Å². The number of ether oxygens (including phenoxy) is 1. The van der Waals surface area contributed by atoms with Crippen LogP contribution in [0.5, 0.6) is 5.75 Å². The third kappa shape index (κ3) is 8.17. The fraction of sp³-hybridized carbons (Fsp3) is 0.462. The van der Waals surface area contributed by atoms with Crippen molar-refractivity contribution >= 4 is 33.2 Å². The highest BCUT2D eigenvalue weighted by atomic mass is 32.2. The van der Waals surface area contributed by atoms with E-state index in [-0.39, 0.29) is 36.0 Å². The molecule has 2 aromatic rings. The van der Waals surface area contributed by atoms with E-state index in [1.165, 1.54) is 24.1 Å². The van der Waals surface area contributed by atoms with Crippen LogP contribution in [0.3, 0.4) is 0 Å². The summed E-state index contributed by atoms with van der Waals surface area (Å²) in [4.78, 5) is 39.1. The van der Waals surface area contributed by atoms with Crippen LogP contribution in [-0.4, -0.2) is 61.5 Å². The van der Waals surface area contributed by atoms with Crippen molar-refractivity contribution in [1.29, 1.82) is 0 Å². The first kappa shape index (κ1) is 30.6. The maximum absolute atomic E-state index is 13.8. The molecule has 2 amide bonds. The monoisotopic (exact) mass is 548 g/mol. The van der Waals surface area contributed by atoms with Gasteiger partial charge in [0, 0.05) is 24.2 Å². The predicted molar refractivity (Wildman–Crippen MR) is 146 cm³/mol. The van der Waals surface area contributed by atoms with Crippen LogP contribution in [0.15, 0.2) is 42.5 Å². The highest BCUT2D eigenvalue weighted by molar-refractivity contribution is 7.92. The predicted octanol–water partition coefficient (Wildman–Crippen LogP) is 3.40. The second-order valence-corrected chi connectivity index (χ2v) is 12.0. The van der Waals surface area contributed by atoms with Crippen molar-refractivity contribution in [2.75, 3.05) is 24.2 Å². The fourth-order valence-corrected chi connectivity index (χ4v) is 4.69. The van der Waals surface area contributed by atoms with Gasteiger partial charge in [-0.05, 0) is 45.7 Å². The molecule has 12 heteroatoms. The zero-order chi connectivity index (χ0) is 28.8. The second kappa shape index (κ2) is 12.2. The van der Waals surface area contributed by atoms with Gasteiger partial charge < -0.3 is 15.0 Å². The first-order chi connectivity index (χ1) is 17.6. The second-order valence-electron chi connectivity index (χ2n) is 10.1. The summed E-state index contributed by atoms with van der Waals surface area (Å²) < 4.78 is 31.7. The number of carbonyl (C=O) groups is 2. The fourth-order valence-electron chi connectivity index (χ4n) is 3.84. The molecule has 0 aliphatic rings. The number of rotatable bonds is 11. The van der Waals surface area contributed by atoms with E-state index in [4.69, 9.17) is 4.74 Å². The molecule has 0 saturated heterocycles. The summed E-state index contributed by atoms with van der Waals surface area (Å²) in [6.07, 6.45) is 1.17. The molecule has 1 atom stereocenters. The van der Waals surface area contributed by atoms with Gasteiger partial charge in [0.05, 0.1) is 18.3 Å². The molecule has 0 fully saturated rings. The van der Waals surface area contributed by atoms with Crippen LogP contribution in [0.1, 0.15) is 45.2 Å². The summed E-state index contributed by atoms with van der Waals surface area (Å²) in [5, 5.41) is 14.3. The standard InChI is InChI=1S/C26H36N4O7S/c1-8-21(25(32)27-26(3,4)5)28(16-19-11-9-18(2)10-12-19)24(31)17-29(38(7,35)36)22-15-20(30(33)34)13-14-23(22)37-6/h9-15,21H,8,16-17H2,1-7H3,(H,27,32). The first-order valence-electron chi connectivity index (χ1n) is 12.0. The van der Waals surface area contributed by atoms with E-state index in [9.17, 15) is 28.1 Å². The number of anilines is 1. The van der Waals surface area contributed by atoms with E-state index in [1.54, 1.807) is 6.92 Å². The van der Waals surface area contributed by atoms with E-state index in [2.05, 4.69) is 5.32 Å². The quantitative estimate of drug-likeness (QED) is 0.335. The molecular formula is C26H36N4O7S. The largest absolute Gasteiger partial charge is 0.495 e. The lowest BCUT2D eigenvalue weighted by Gasteiger charge is -2.34. The Morgan fingerprint density at radius 2 is 1.74 bits per heavy atom. The van der Waals surface area contributed by atoms with Crippen molar-refractivity contribution in [2.45, 2.75) is 59.2 Å². The van der Waals surface area contributed by atoms with Gasteiger partial charge in [-0.15, -0.1) is 0 Å². The third-order valence-electron chi connectivity index (χ3n) is 5.68. The topological polar surface area (TPSA) is 139 Å². The van der Waals surface area contributed by atoms with Crippen LogP contribution in [0.4, 0.5) is 11.4 Å². The van der Waals surface area contributed by atoms with Crippen molar-refractivity contribution in [3.05, 3.63) is 63.7 Å². The average Bonchev–Trinajstić information content (AvgIpc) is 2.81. The molecule has 0 bridgehead atoms. The van der Waals surface area contributed by atoms with Crippen molar-refractivity contribution in [2.24, 2.45) is 0 Å². The van der Waals surface area contributed by atoms with Crippen LogP contribution in [0.2, 0.25) is 0 Å². The summed E-state index contributed by atoms with van der Waals surface area (Å²) in [5.41, 5.74) is 0.697. The van der Waals surface area contributed by atoms with Gasteiger partial charge in [0.1, 0.15) is 24.0 Å². The Bertz CT molecular complexity index is 1270. The molecule has 1 unspecified atom stereocenters. The van der Waals surface area contributed by atoms with Crippen molar-refractivity contribution in [1.82, 2.24) is 10.2 Å². The molecule has 2 rings (SSSR count). The lowest BCUT2D eigenvalue weighted by atomic mass is 10.1. The van der Waals surface area contributed by atoms with Gasteiger partial charge >= 0.3 is 0 Å². The molecular weight excluding hydrogens is 512 g/mol. The lowest BCUT2D eigenvalue weighted by Crippen LogP contribution is -2.55. The van der Waals surface area contributed by atoms with Crippen LogP contribution < -0.4 is 14.4 Å². The van der Waals surface area contributed by atoms with Gasteiger partial charge in [-0.2, -0.15) is 0 Å². The van der Waals surface area contributed by atoms with E-state index < -0.39 is 39.0 Å². The maximum atomic E-state index is 13.8. The average molecular weight is 549 g/mol. The van der Waals surface area contributed by atoms with Crippen LogP contribution in [0.25, 0.3) is 0 Å². The molecule has 2 aromatic carbocycles. The zero-order valence-corrected chi connectivity index (χ0v) is 23.7. The number of aryl methyl sites for hydroxylation is 1. The number of amides is 2. The van der Waals surface area contributed by atoms with E-state index in [1.807, 2.05) is 52.0 Å². The summed E-state index contributed by atoms with van der Waals surface area (Å²) >= 11 is 0. The number of nitrogens with zero attached hydrogens (tertiary/aromatic N) is 3. The Balaban J connectivity index is 2.57. The number of hydrogen-bond donors (Lipinski definition) is 1. The molecule has 0 radical (unpaired) electrons. The number of nitro benzene ring substituents is 1. The van der Waals surface area contributed by atoms with Gasteiger partial charge in [-0.25, -0.2) is 8.42 Å². The molecule has 0 spiro atoms. The highest BCUT2D eigenvalue weighted by Crippen LogP contribution is 2.34. The normalized spacial score (nSPS) is 12.4. The summed E-state index contributed by atoms with van der Waals surface area (Å²) in [7, 11) is -2.81. The Morgan fingerprint density at radius 1 is 1.13 bits per heavy atom. The molecule has 0 heterocycles. The molecule has 11 nitrogen and oxygen atoms in total. The number of nitro groups is 1. The number of sulfonamides is 1. The van der Waals surface area contributed by atoms with E-state index in [0.29, 0.717) is 0 Å². The number of carbonyl (C=O) groups excluding carboxylic acids is 2. The maximum Gasteiger partial charge on any atom is 0.271 e. The molecule has 38 heavy (non-hydrogen) atoms. The Morgan fingerprint density at radius 3 is 2.21 bits per heavy atom. The van der Waals surface area contributed by atoms with Crippen molar-refractivity contribution < 1.29 is 27.7 Å². The minimum absolute atomic E-state index is 0.0384. The number of nitrogens with one attached hydrogen (secondary N) is 1. The van der Waals surface area contributed by atoms with E-state index in [0.717, 1.165) is 27.8 Å². The molecule has 0 saturated carbocycles. The number of methoxy groups -OCH3 is 1. The Kier molecular flexibility index (Phi) is 9.85. The number of hydrogen-bond acceptors (Lipinski definition) is 7. The van der Waals surface area contributed by atoms with Gasteiger partial charge in [0.25, 0.3) is 5.69 Å². The van der Waals surface area contributed by atoms with Gasteiger partial charge in [0.15, 0.2) is 0 Å². The van der Waals surface area contributed by atoms with Crippen LogP contribution in [0, 0.1) is 17.0 Å². The van der Waals surface area contributed by atoms with Gasteiger partial charge in [-0.3, -0.25) is 24.0 Å². The number of non-ortho nitro benzene ring substituents is 1. The summed E-state index contributed by atoms with van der Waals surface area (Å²) in [5.74, 6) is -0.990. The molecule has 0 aromatic heterocycles. The lowest BCUT2D eigenvalue weighted by molar-refractivity contribution is -0.384. The highest BCUT2D eigenvalue weighted by Gasteiger charge is 2.34. The molecule has 0 aliphatic heterocycles. The van der Waals surface area contributed by atoms with Crippen LogP contribution in [-0.2, 0) is 26.2 Å². The van der Waals surface area contributed by atoms with Crippen LogP contribution >= 0.6 is 0 Å². The minimum Gasteiger partial charge on any atom is -0.495 e. The molecule has 0 aliphatic carbocycles. The SMILES string of the molecule is CCC(C(=O)NC(C)(C)C)N(Cc1ccc(C)cc1)C(=O)CN(c1cc([N+](=O)[O-])ccc1OC)S(C)(=O)=O.